The van der Waals surface area contributed by atoms with E-state index in [4.69, 9.17) is 29.8 Å². The van der Waals surface area contributed by atoms with Crippen molar-refractivity contribution in [3.63, 3.8) is 0 Å². The van der Waals surface area contributed by atoms with Crippen LogP contribution in [0.25, 0.3) is 4.85 Å². The topological polar surface area (TPSA) is 17.2 Å². The molecule has 0 fully saturated rings. The molecule has 0 aliphatic rings. The number of halogens is 2. The van der Waals surface area contributed by atoms with Gasteiger partial charge in [-0.25, -0.2) is 6.57 Å². The Bertz CT molecular complexity index is 310. The lowest BCUT2D eigenvalue weighted by Crippen LogP contribution is -1.91. The van der Waals surface area contributed by atoms with Crippen molar-refractivity contribution in [3.8, 4) is 0 Å². The third kappa shape index (κ3) is 1.69. The van der Waals surface area contributed by atoms with Crippen molar-refractivity contribution < 1.29 is 0 Å². The third-order valence-electron chi connectivity index (χ3n) is 1.50. The minimum absolute atomic E-state index is 0.312. The highest BCUT2D eigenvalue weighted by Gasteiger charge is 2.16. The van der Waals surface area contributed by atoms with Gasteiger partial charge in [-0.05, 0) is 0 Å². The predicted molar refractivity (Wildman–Crippen MR) is 49.3 cm³/mol. The SMILES string of the molecule is [C-]#[N+]C(C)c1c(Cl)cncc1Cl. The molecule has 0 saturated carbocycles. The fourth-order valence-electron chi connectivity index (χ4n) is 0.885. The summed E-state index contributed by atoms with van der Waals surface area (Å²) in [5.74, 6) is 0. The average Bonchev–Trinajstić information content (AvgIpc) is 2.03. The van der Waals surface area contributed by atoms with Gasteiger partial charge >= 0.3 is 0 Å². The molecule has 4 heteroatoms. The zero-order chi connectivity index (χ0) is 9.14. The first-order valence-corrected chi connectivity index (χ1v) is 4.08. The van der Waals surface area contributed by atoms with Gasteiger partial charge in [0.15, 0.2) is 0 Å². The Labute approximate surface area is 81.0 Å². The summed E-state index contributed by atoms with van der Waals surface area (Å²) in [5.41, 5.74) is 0.656. The summed E-state index contributed by atoms with van der Waals surface area (Å²) < 4.78 is 0. The van der Waals surface area contributed by atoms with Gasteiger partial charge in [0.05, 0.1) is 15.6 Å². The van der Waals surface area contributed by atoms with Gasteiger partial charge < -0.3 is 4.85 Å². The number of pyridine rings is 1. The Kier molecular flexibility index (Phi) is 2.91. The highest BCUT2D eigenvalue weighted by atomic mass is 35.5. The van der Waals surface area contributed by atoms with Crippen molar-refractivity contribution in [1.29, 1.82) is 0 Å². The van der Waals surface area contributed by atoms with E-state index in [0.717, 1.165) is 0 Å². The molecule has 1 heterocycles. The number of hydrogen-bond acceptors (Lipinski definition) is 1. The first kappa shape index (κ1) is 9.31. The number of nitrogens with zero attached hydrogens (tertiary/aromatic N) is 2. The van der Waals surface area contributed by atoms with E-state index in [-0.39, 0.29) is 6.04 Å². The molecule has 1 atom stereocenters. The monoisotopic (exact) mass is 200 g/mol. The highest BCUT2D eigenvalue weighted by Crippen LogP contribution is 2.30. The van der Waals surface area contributed by atoms with Gasteiger partial charge in [-0.3, -0.25) is 4.98 Å². The molecule has 0 aliphatic heterocycles. The minimum Gasteiger partial charge on any atom is -0.309 e. The Balaban J connectivity index is 3.23. The maximum Gasteiger partial charge on any atom is 0.248 e. The van der Waals surface area contributed by atoms with E-state index in [1.807, 2.05) is 0 Å². The molecule has 0 spiro atoms. The molecule has 12 heavy (non-hydrogen) atoms. The maximum absolute atomic E-state index is 6.83. The van der Waals surface area contributed by atoms with Crippen LogP contribution in [-0.4, -0.2) is 4.98 Å². The molecule has 0 radical (unpaired) electrons. The lowest BCUT2D eigenvalue weighted by Gasteiger charge is -2.03. The molecule has 0 amide bonds. The third-order valence-corrected chi connectivity index (χ3v) is 2.10. The minimum atomic E-state index is -0.312. The van der Waals surface area contributed by atoms with Crippen LogP contribution < -0.4 is 0 Å². The molecule has 0 aliphatic carbocycles. The van der Waals surface area contributed by atoms with Gasteiger partial charge in [0, 0.05) is 19.3 Å². The molecule has 0 bridgehead atoms. The van der Waals surface area contributed by atoms with Crippen LogP contribution in [0.4, 0.5) is 0 Å². The fraction of sp³-hybridized carbons (Fsp3) is 0.250. The summed E-state index contributed by atoms with van der Waals surface area (Å²) in [5, 5.41) is 0.900. The second-order valence-electron chi connectivity index (χ2n) is 2.32. The Morgan fingerprint density at radius 3 is 2.33 bits per heavy atom. The van der Waals surface area contributed by atoms with E-state index in [1.54, 1.807) is 6.92 Å². The highest BCUT2D eigenvalue weighted by molar-refractivity contribution is 6.35. The lowest BCUT2D eigenvalue weighted by atomic mass is 10.1. The van der Waals surface area contributed by atoms with Gasteiger partial charge in [0.1, 0.15) is 0 Å². The van der Waals surface area contributed by atoms with E-state index in [1.165, 1.54) is 12.4 Å². The van der Waals surface area contributed by atoms with Gasteiger partial charge in [-0.1, -0.05) is 23.2 Å². The molecule has 0 N–H and O–H groups in total. The zero-order valence-electron chi connectivity index (χ0n) is 6.38. The van der Waals surface area contributed by atoms with Crippen LogP contribution in [0, 0.1) is 6.57 Å². The van der Waals surface area contributed by atoms with Gasteiger partial charge in [0.25, 0.3) is 0 Å². The molecule has 1 unspecified atom stereocenters. The molecule has 0 saturated heterocycles. The van der Waals surface area contributed by atoms with Crippen molar-refractivity contribution in [2.75, 3.05) is 0 Å². The summed E-state index contributed by atoms with van der Waals surface area (Å²) in [6.45, 7) is 8.58. The second kappa shape index (κ2) is 3.75. The van der Waals surface area contributed by atoms with Gasteiger partial charge in [-0.15, -0.1) is 0 Å². The second-order valence-corrected chi connectivity index (χ2v) is 3.14. The summed E-state index contributed by atoms with van der Waals surface area (Å²) in [6, 6.07) is -0.312. The summed E-state index contributed by atoms with van der Waals surface area (Å²) in [7, 11) is 0. The number of rotatable bonds is 1. The predicted octanol–water partition coefficient (Wildman–Crippen LogP) is 3.37. The Morgan fingerprint density at radius 2 is 1.92 bits per heavy atom. The molecular formula is C8H6Cl2N2. The summed E-state index contributed by atoms with van der Waals surface area (Å²) >= 11 is 11.6. The van der Waals surface area contributed by atoms with Crippen LogP contribution in [0.15, 0.2) is 12.4 Å². The molecular weight excluding hydrogens is 195 g/mol. The lowest BCUT2D eigenvalue weighted by molar-refractivity contribution is 0.955. The van der Waals surface area contributed by atoms with Crippen molar-refractivity contribution in [1.82, 2.24) is 4.98 Å². The number of hydrogen-bond donors (Lipinski definition) is 0. The standard InChI is InChI=1S/C8H6Cl2N2/c1-5(11-2)8-6(9)3-12-4-7(8)10/h3-5H,1H3. The van der Waals surface area contributed by atoms with Crippen LogP contribution in [0.2, 0.25) is 10.0 Å². The number of aromatic nitrogens is 1. The van der Waals surface area contributed by atoms with Crippen molar-refractivity contribution in [2.45, 2.75) is 13.0 Å². The molecule has 1 aromatic rings. The van der Waals surface area contributed by atoms with E-state index < -0.39 is 0 Å². The van der Waals surface area contributed by atoms with Crippen molar-refractivity contribution in [2.24, 2.45) is 0 Å². The molecule has 1 rings (SSSR count). The first-order chi connectivity index (χ1) is 5.66. The molecule has 0 aromatic carbocycles. The van der Waals surface area contributed by atoms with Crippen LogP contribution >= 0.6 is 23.2 Å². The Hall–Kier alpha value is -0.780. The fourth-order valence-corrected chi connectivity index (χ4v) is 1.57. The van der Waals surface area contributed by atoms with Gasteiger partial charge in [0.2, 0.25) is 6.04 Å². The van der Waals surface area contributed by atoms with E-state index >= 15 is 0 Å². The van der Waals surface area contributed by atoms with E-state index in [0.29, 0.717) is 15.6 Å². The first-order valence-electron chi connectivity index (χ1n) is 3.32. The smallest absolute Gasteiger partial charge is 0.248 e. The van der Waals surface area contributed by atoms with Gasteiger partial charge in [-0.2, -0.15) is 0 Å². The van der Waals surface area contributed by atoms with Crippen LogP contribution in [-0.2, 0) is 0 Å². The van der Waals surface area contributed by atoms with Crippen LogP contribution in [0.3, 0.4) is 0 Å². The van der Waals surface area contributed by atoms with Crippen molar-refractivity contribution in [3.05, 3.63) is 39.4 Å². The normalized spacial score (nSPS) is 12.2. The summed E-state index contributed by atoms with van der Waals surface area (Å²) in [6.07, 6.45) is 2.98. The van der Waals surface area contributed by atoms with Crippen molar-refractivity contribution >= 4 is 23.2 Å². The summed E-state index contributed by atoms with van der Waals surface area (Å²) in [4.78, 5) is 7.13. The molecule has 2 nitrogen and oxygen atoms in total. The largest absolute Gasteiger partial charge is 0.309 e. The zero-order valence-corrected chi connectivity index (χ0v) is 7.89. The average molecular weight is 201 g/mol. The quantitative estimate of drug-likeness (QED) is 0.636. The van der Waals surface area contributed by atoms with E-state index in [9.17, 15) is 0 Å². The molecule has 1 aromatic heterocycles. The maximum atomic E-state index is 6.83. The van der Waals surface area contributed by atoms with Crippen LogP contribution in [0.5, 0.6) is 0 Å². The molecule has 62 valence electrons. The van der Waals surface area contributed by atoms with Crippen LogP contribution in [0.1, 0.15) is 18.5 Å². The van der Waals surface area contributed by atoms with E-state index in [2.05, 4.69) is 9.83 Å². The Morgan fingerprint density at radius 1 is 1.42 bits per heavy atom.